The van der Waals surface area contributed by atoms with Crippen molar-refractivity contribution in [2.75, 3.05) is 12.4 Å². The lowest BCUT2D eigenvalue weighted by atomic mass is 9.96. The zero-order valence-corrected chi connectivity index (χ0v) is 19.3. The molecule has 33 heavy (non-hydrogen) atoms. The summed E-state index contributed by atoms with van der Waals surface area (Å²) in [6, 6.07) is 10.0. The Labute approximate surface area is 193 Å². The maximum absolute atomic E-state index is 12.5. The molecule has 168 valence electrons. The molecule has 0 radical (unpaired) electrons. The van der Waals surface area contributed by atoms with E-state index in [1.165, 1.54) is 11.6 Å². The maximum atomic E-state index is 12.5. The number of methoxy groups -OCH3 is 1. The number of aromatic nitrogens is 1. The van der Waals surface area contributed by atoms with Crippen LogP contribution >= 0.6 is 11.3 Å². The Morgan fingerprint density at radius 3 is 2.70 bits per heavy atom. The lowest BCUT2D eigenvalue weighted by Crippen LogP contribution is -2.08. The van der Waals surface area contributed by atoms with Crippen molar-refractivity contribution >= 4 is 43.9 Å². The van der Waals surface area contributed by atoms with E-state index in [0.717, 1.165) is 45.2 Å². The van der Waals surface area contributed by atoms with Gasteiger partial charge in [0.1, 0.15) is 17.5 Å². The van der Waals surface area contributed by atoms with Gasteiger partial charge in [0.05, 0.1) is 18.3 Å². The van der Waals surface area contributed by atoms with Gasteiger partial charge in [-0.25, -0.2) is 4.98 Å². The molecule has 0 spiro atoms. The average Bonchev–Trinajstić information content (AvgIpc) is 3.39. The van der Waals surface area contributed by atoms with Gasteiger partial charge >= 0.3 is 5.00 Å². The summed E-state index contributed by atoms with van der Waals surface area (Å²) in [6.07, 6.45) is 4.25. The topological polar surface area (TPSA) is 108 Å². The Morgan fingerprint density at radius 2 is 2.03 bits per heavy atom. The van der Waals surface area contributed by atoms with Crippen molar-refractivity contribution in [3.8, 4) is 16.9 Å². The smallest absolute Gasteiger partial charge is 0.345 e. The van der Waals surface area contributed by atoms with Gasteiger partial charge in [-0.3, -0.25) is 20.2 Å². The van der Waals surface area contributed by atoms with Crippen LogP contribution in [-0.2, 0) is 4.79 Å². The number of benzene rings is 2. The van der Waals surface area contributed by atoms with Gasteiger partial charge in [-0.05, 0) is 54.9 Å². The summed E-state index contributed by atoms with van der Waals surface area (Å²) < 4.78 is 11.3. The second-order valence-corrected chi connectivity index (χ2v) is 8.60. The number of nitrogens with zero attached hydrogens (tertiary/aromatic N) is 2. The first kappa shape index (κ1) is 22.2. The lowest BCUT2D eigenvalue weighted by molar-refractivity contribution is -0.380. The molecule has 0 aliphatic rings. The number of allylic oxidation sites excluding steroid dienone is 1. The van der Waals surface area contributed by atoms with E-state index < -0.39 is 10.8 Å². The van der Waals surface area contributed by atoms with E-state index >= 15 is 0 Å². The highest BCUT2D eigenvalue weighted by Crippen LogP contribution is 2.38. The second kappa shape index (κ2) is 8.87. The molecule has 4 rings (SSSR count). The number of thiazole rings is 1. The van der Waals surface area contributed by atoms with E-state index in [-0.39, 0.29) is 10.1 Å². The Morgan fingerprint density at radius 1 is 1.24 bits per heavy atom. The van der Waals surface area contributed by atoms with E-state index in [1.54, 1.807) is 26.4 Å². The average molecular weight is 464 g/mol. The van der Waals surface area contributed by atoms with Gasteiger partial charge in [0.2, 0.25) is 5.91 Å². The molecule has 9 heteroatoms. The van der Waals surface area contributed by atoms with Crippen molar-refractivity contribution < 1.29 is 18.9 Å². The van der Waals surface area contributed by atoms with Gasteiger partial charge in [0.25, 0.3) is 0 Å². The Hall–Kier alpha value is -3.98. The number of hydrogen-bond donors (Lipinski definition) is 1. The molecule has 8 nitrogen and oxygen atoms in total. The number of nitrogens with one attached hydrogen (secondary N) is 1. The van der Waals surface area contributed by atoms with Crippen molar-refractivity contribution in [2.24, 2.45) is 0 Å². The number of hydrogen-bond acceptors (Lipinski definition) is 7. The van der Waals surface area contributed by atoms with Crippen LogP contribution in [0.2, 0.25) is 0 Å². The monoisotopic (exact) mass is 463 g/mol. The molecule has 0 saturated heterocycles. The van der Waals surface area contributed by atoms with Crippen LogP contribution < -0.4 is 10.1 Å². The molecule has 2 aromatic heterocycles. The predicted octanol–water partition coefficient (Wildman–Crippen LogP) is 6.13. The quantitative estimate of drug-likeness (QED) is 0.209. The summed E-state index contributed by atoms with van der Waals surface area (Å²) in [5.41, 5.74) is 6.42. The molecule has 2 aromatic carbocycles. The minimum absolute atomic E-state index is 0.142. The molecule has 4 aromatic rings. The van der Waals surface area contributed by atoms with Crippen LogP contribution in [0.3, 0.4) is 0 Å². The Kier molecular flexibility index (Phi) is 5.97. The summed E-state index contributed by atoms with van der Waals surface area (Å²) in [5.74, 6) is 0.121. The summed E-state index contributed by atoms with van der Waals surface area (Å²) in [5, 5.41) is 14.3. The van der Waals surface area contributed by atoms with E-state index in [9.17, 15) is 14.9 Å². The number of fused-ring (bicyclic) bond motifs is 1. The van der Waals surface area contributed by atoms with E-state index in [4.69, 9.17) is 9.15 Å². The van der Waals surface area contributed by atoms with Gasteiger partial charge in [-0.15, -0.1) is 0 Å². The van der Waals surface area contributed by atoms with Crippen LogP contribution in [0, 0.1) is 24.0 Å². The first-order valence-corrected chi connectivity index (χ1v) is 10.8. The molecule has 1 N–H and O–H groups in total. The van der Waals surface area contributed by atoms with Crippen molar-refractivity contribution in [3.63, 3.8) is 0 Å². The molecule has 0 fully saturated rings. The molecule has 1 amide bonds. The normalized spacial score (nSPS) is 11.6. The standard InChI is InChI=1S/C24H21N3O5S/c1-13-5-6-16(14(2)7-13)19-12-32-21-10-20(31-4)17(9-18(19)21)15(3)8-22(28)26-24-25-11-23(33-24)27(29)30/h5-12H,1-4H3,(H,25,26,28)/b15-8+. The molecule has 0 unspecified atom stereocenters. The second-order valence-electron chi connectivity index (χ2n) is 7.59. The van der Waals surface area contributed by atoms with Crippen LogP contribution in [0.4, 0.5) is 10.1 Å². The van der Waals surface area contributed by atoms with Crippen LogP contribution in [-0.4, -0.2) is 22.9 Å². The minimum atomic E-state index is -0.549. The van der Waals surface area contributed by atoms with E-state index in [1.807, 2.05) is 6.07 Å². The molecule has 0 aliphatic carbocycles. The highest BCUT2D eigenvalue weighted by molar-refractivity contribution is 7.18. The molecular formula is C24H21N3O5S. The number of rotatable bonds is 6. The van der Waals surface area contributed by atoms with Crippen molar-refractivity contribution in [2.45, 2.75) is 20.8 Å². The van der Waals surface area contributed by atoms with Gasteiger partial charge in [-0.1, -0.05) is 23.8 Å². The molecule has 0 atom stereocenters. The summed E-state index contributed by atoms with van der Waals surface area (Å²) in [7, 11) is 1.56. The minimum Gasteiger partial charge on any atom is -0.496 e. The van der Waals surface area contributed by atoms with E-state index in [2.05, 4.69) is 42.3 Å². The van der Waals surface area contributed by atoms with Crippen LogP contribution in [0.15, 0.2) is 53.3 Å². The summed E-state index contributed by atoms with van der Waals surface area (Å²) in [4.78, 5) is 26.6. The number of carbonyl (C=O) groups excluding carboxylic acids is 1. The van der Waals surface area contributed by atoms with Crippen LogP contribution in [0.5, 0.6) is 5.75 Å². The predicted molar refractivity (Wildman–Crippen MR) is 129 cm³/mol. The largest absolute Gasteiger partial charge is 0.496 e. The summed E-state index contributed by atoms with van der Waals surface area (Å²) >= 11 is 0.796. The fourth-order valence-corrected chi connectivity index (χ4v) is 4.32. The molecular weight excluding hydrogens is 442 g/mol. The third kappa shape index (κ3) is 4.49. The maximum Gasteiger partial charge on any atom is 0.345 e. The molecule has 0 bridgehead atoms. The highest BCUT2D eigenvalue weighted by Gasteiger charge is 2.17. The number of aryl methyl sites for hydroxylation is 2. The first-order chi connectivity index (χ1) is 15.8. The van der Waals surface area contributed by atoms with Crippen molar-refractivity contribution in [3.05, 3.63) is 75.7 Å². The zero-order chi connectivity index (χ0) is 23.7. The number of furan rings is 1. The third-order valence-electron chi connectivity index (χ3n) is 5.24. The van der Waals surface area contributed by atoms with Gasteiger partial charge in [0, 0.05) is 28.7 Å². The molecule has 0 aliphatic heterocycles. The molecule has 0 saturated carbocycles. The fraction of sp³-hybridized carbons (Fsp3) is 0.167. The van der Waals surface area contributed by atoms with Crippen LogP contribution in [0.1, 0.15) is 23.6 Å². The lowest BCUT2D eigenvalue weighted by Gasteiger charge is -2.11. The van der Waals surface area contributed by atoms with Crippen LogP contribution in [0.25, 0.3) is 27.7 Å². The third-order valence-corrected chi connectivity index (χ3v) is 6.11. The fourth-order valence-electron chi connectivity index (χ4n) is 3.68. The number of carbonyl (C=O) groups is 1. The first-order valence-electron chi connectivity index (χ1n) is 10.0. The van der Waals surface area contributed by atoms with E-state index in [0.29, 0.717) is 16.9 Å². The number of amides is 1. The van der Waals surface area contributed by atoms with Crippen molar-refractivity contribution in [1.82, 2.24) is 4.98 Å². The Balaban J connectivity index is 1.70. The highest BCUT2D eigenvalue weighted by atomic mass is 32.1. The Bertz CT molecular complexity index is 1420. The van der Waals surface area contributed by atoms with Gasteiger partial charge in [-0.2, -0.15) is 0 Å². The zero-order valence-electron chi connectivity index (χ0n) is 18.5. The van der Waals surface area contributed by atoms with Crippen molar-refractivity contribution in [1.29, 1.82) is 0 Å². The van der Waals surface area contributed by atoms with Gasteiger partial charge in [0.15, 0.2) is 5.13 Å². The number of anilines is 1. The number of nitro groups is 1. The van der Waals surface area contributed by atoms with Gasteiger partial charge < -0.3 is 9.15 Å². The SMILES string of the molecule is COc1cc2occ(-c3ccc(C)cc3C)c2cc1/C(C)=C/C(=O)Nc1ncc([N+](=O)[O-])s1. The summed E-state index contributed by atoms with van der Waals surface area (Å²) in [6.45, 7) is 5.91. The molecule has 2 heterocycles. The number of ether oxygens (including phenoxy) is 1.